The molecule has 0 unspecified atom stereocenters. The van der Waals surface area contributed by atoms with Gasteiger partial charge in [-0.25, -0.2) is 9.18 Å². The Bertz CT molecular complexity index is 711. The number of rotatable bonds is 7. The third kappa shape index (κ3) is 7.13. The highest BCUT2D eigenvalue weighted by Gasteiger charge is 2.15. The first-order chi connectivity index (χ1) is 12.3. The summed E-state index contributed by atoms with van der Waals surface area (Å²) in [6.07, 6.45) is 0.707. The van der Waals surface area contributed by atoms with Crippen molar-refractivity contribution in [2.75, 3.05) is 13.2 Å². The minimum Gasteiger partial charge on any atom is -0.494 e. The zero-order valence-corrected chi connectivity index (χ0v) is 15.5. The number of benzene rings is 2. The van der Waals surface area contributed by atoms with E-state index in [-0.39, 0.29) is 5.82 Å². The van der Waals surface area contributed by atoms with E-state index in [1.807, 2.05) is 51.1 Å². The van der Waals surface area contributed by atoms with Crippen LogP contribution in [0, 0.1) is 5.82 Å². The Morgan fingerprint density at radius 1 is 1.12 bits per heavy atom. The molecule has 0 atom stereocenters. The minimum absolute atomic E-state index is 0.243. The van der Waals surface area contributed by atoms with Crippen molar-refractivity contribution in [3.63, 3.8) is 0 Å². The summed E-state index contributed by atoms with van der Waals surface area (Å²) in [5.74, 6) is 0.377. The van der Waals surface area contributed by atoms with Crippen LogP contribution in [0.1, 0.15) is 38.3 Å². The molecule has 2 aromatic carbocycles. The Balaban J connectivity index is 1.78. The molecule has 0 fully saturated rings. The molecule has 0 saturated heterocycles. The van der Waals surface area contributed by atoms with Crippen molar-refractivity contribution in [3.05, 3.63) is 65.5 Å². The van der Waals surface area contributed by atoms with E-state index in [4.69, 9.17) is 9.47 Å². The Hall–Kier alpha value is -2.56. The molecule has 140 valence electrons. The second-order valence-electron chi connectivity index (χ2n) is 7.05. The van der Waals surface area contributed by atoms with E-state index < -0.39 is 11.7 Å². The smallest absolute Gasteiger partial charge is 0.407 e. The maximum absolute atomic E-state index is 14.0. The zero-order chi connectivity index (χ0) is 19.0. The van der Waals surface area contributed by atoms with Gasteiger partial charge >= 0.3 is 6.09 Å². The van der Waals surface area contributed by atoms with Crippen LogP contribution in [0.2, 0.25) is 0 Å². The van der Waals surface area contributed by atoms with Crippen molar-refractivity contribution in [1.82, 2.24) is 5.32 Å². The van der Waals surface area contributed by atoms with Gasteiger partial charge < -0.3 is 14.8 Å². The molecule has 0 aromatic heterocycles. The van der Waals surface area contributed by atoms with Gasteiger partial charge in [0, 0.05) is 13.0 Å². The van der Waals surface area contributed by atoms with Gasteiger partial charge in [-0.05, 0) is 56.5 Å². The summed E-state index contributed by atoms with van der Waals surface area (Å²) < 4.78 is 24.8. The van der Waals surface area contributed by atoms with Crippen molar-refractivity contribution in [3.8, 4) is 5.75 Å². The summed E-state index contributed by atoms with van der Waals surface area (Å²) >= 11 is 0. The molecule has 0 bridgehead atoms. The van der Waals surface area contributed by atoms with E-state index in [1.54, 1.807) is 12.1 Å². The topological polar surface area (TPSA) is 47.6 Å². The third-order valence-electron chi connectivity index (χ3n) is 3.51. The normalized spacial score (nSPS) is 11.1. The number of carbonyl (C=O) groups is 1. The molecule has 0 aliphatic rings. The lowest BCUT2D eigenvalue weighted by molar-refractivity contribution is 0.0525. The van der Waals surface area contributed by atoms with Gasteiger partial charge in [-0.2, -0.15) is 0 Å². The summed E-state index contributed by atoms with van der Waals surface area (Å²) in [5.41, 5.74) is 1.13. The molecule has 0 aliphatic carbocycles. The number of carbonyl (C=O) groups excluding carboxylic acids is 1. The average Bonchev–Trinajstić information content (AvgIpc) is 2.56. The fourth-order valence-corrected chi connectivity index (χ4v) is 2.36. The SMILES string of the molecule is CC(C)(C)OC(=O)NCCCOc1ccc(F)c(Cc2ccccc2)c1. The molecule has 2 aromatic rings. The Morgan fingerprint density at radius 2 is 1.85 bits per heavy atom. The largest absolute Gasteiger partial charge is 0.494 e. The van der Waals surface area contributed by atoms with Crippen LogP contribution in [0.15, 0.2) is 48.5 Å². The maximum atomic E-state index is 14.0. The zero-order valence-electron chi connectivity index (χ0n) is 15.5. The summed E-state index contributed by atoms with van der Waals surface area (Å²) in [6.45, 7) is 6.32. The fourth-order valence-electron chi connectivity index (χ4n) is 2.36. The minimum atomic E-state index is -0.510. The molecule has 0 saturated carbocycles. The van der Waals surface area contributed by atoms with E-state index in [0.717, 1.165) is 5.56 Å². The first-order valence-electron chi connectivity index (χ1n) is 8.75. The van der Waals surface area contributed by atoms with Gasteiger partial charge in [0.05, 0.1) is 6.61 Å². The van der Waals surface area contributed by atoms with Crippen LogP contribution >= 0.6 is 0 Å². The van der Waals surface area contributed by atoms with Crippen LogP contribution in [-0.2, 0) is 11.2 Å². The molecule has 0 heterocycles. The number of hydrogen-bond acceptors (Lipinski definition) is 3. The number of hydrogen-bond donors (Lipinski definition) is 1. The molecule has 5 heteroatoms. The lowest BCUT2D eigenvalue weighted by Gasteiger charge is -2.19. The highest BCUT2D eigenvalue weighted by Crippen LogP contribution is 2.20. The van der Waals surface area contributed by atoms with Gasteiger partial charge in [-0.1, -0.05) is 30.3 Å². The lowest BCUT2D eigenvalue weighted by atomic mass is 10.0. The van der Waals surface area contributed by atoms with Crippen molar-refractivity contribution >= 4 is 6.09 Å². The predicted molar refractivity (Wildman–Crippen MR) is 100.0 cm³/mol. The highest BCUT2D eigenvalue weighted by molar-refractivity contribution is 5.67. The van der Waals surface area contributed by atoms with E-state index in [0.29, 0.717) is 37.3 Å². The molecule has 1 amide bonds. The van der Waals surface area contributed by atoms with Crippen molar-refractivity contribution in [2.24, 2.45) is 0 Å². The van der Waals surface area contributed by atoms with Gasteiger partial charge in [0.2, 0.25) is 0 Å². The average molecular weight is 359 g/mol. The number of halogens is 1. The molecule has 1 N–H and O–H groups in total. The van der Waals surface area contributed by atoms with Crippen molar-refractivity contribution in [1.29, 1.82) is 0 Å². The van der Waals surface area contributed by atoms with Crippen LogP contribution in [0.25, 0.3) is 0 Å². The van der Waals surface area contributed by atoms with Crippen LogP contribution in [-0.4, -0.2) is 24.8 Å². The Labute approximate surface area is 154 Å². The van der Waals surface area contributed by atoms with Crippen LogP contribution < -0.4 is 10.1 Å². The van der Waals surface area contributed by atoms with Gasteiger partial charge in [0.15, 0.2) is 0 Å². The van der Waals surface area contributed by atoms with E-state index in [1.165, 1.54) is 6.07 Å². The predicted octanol–water partition coefficient (Wildman–Crippen LogP) is 4.71. The number of ether oxygens (including phenoxy) is 2. The summed E-state index contributed by atoms with van der Waals surface area (Å²) in [5, 5.41) is 2.68. The van der Waals surface area contributed by atoms with Gasteiger partial charge in [0.25, 0.3) is 0 Å². The lowest BCUT2D eigenvalue weighted by Crippen LogP contribution is -2.33. The van der Waals surface area contributed by atoms with E-state index >= 15 is 0 Å². The monoisotopic (exact) mass is 359 g/mol. The quantitative estimate of drug-likeness (QED) is 0.728. The summed E-state index contributed by atoms with van der Waals surface area (Å²) in [4.78, 5) is 11.5. The Morgan fingerprint density at radius 3 is 2.54 bits per heavy atom. The first-order valence-corrected chi connectivity index (χ1v) is 8.75. The standard InChI is InChI=1S/C21H26FNO3/c1-21(2,3)26-20(24)23-12-7-13-25-18-10-11-19(22)17(15-18)14-16-8-5-4-6-9-16/h4-6,8-11,15H,7,12-14H2,1-3H3,(H,23,24). The summed E-state index contributed by atoms with van der Waals surface area (Å²) in [6, 6.07) is 14.5. The number of alkyl carbamates (subject to hydrolysis) is 1. The van der Waals surface area contributed by atoms with Crippen LogP contribution in [0.5, 0.6) is 5.75 Å². The first kappa shape index (κ1) is 19.8. The number of nitrogens with one attached hydrogen (secondary N) is 1. The van der Waals surface area contributed by atoms with Crippen LogP contribution in [0.3, 0.4) is 0 Å². The molecule has 0 spiro atoms. The van der Waals surface area contributed by atoms with Crippen LogP contribution in [0.4, 0.5) is 9.18 Å². The molecular weight excluding hydrogens is 333 g/mol. The molecule has 26 heavy (non-hydrogen) atoms. The molecule has 0 radical (unpaired) electrons. The fraction of sp³-hybridized carbons (Fsp3) is 0.381. The van der Waals surface area contributed by atoms with Crippen molar-refractivity contribution < 1.29 is 18.7 Å². The van der Waals surface area contributed by atoms with E-state index in [9.17, 15) is 9.18 Å². The summed E-state index contributed by atoms with van der Waals surface area (Å²) in [7, 11) is 0. The van der Waals surface area contributed by atoms with Gasteiger partial charge in [0.1, 0.15) is 17.2 Å². The second kappa shape index (κ2) is 9.22. The van der Waals surface area contributed by atoms with Gasteiger partial charge in [-0.15, -0.1) is 0 Å². The van der Waals surface area contributed by atoms with E-state index in [2.05, 4.69) is 5.32 Å². The molecule has 4 nitrogen and oxygen atoms in total. The van der Waals surface area contributed by atoms with Crippen molar-refractivity contribution in [2.45, 2.75) is 39.2 Å². The van der Waals surface area contributed by atoms with Gasteiger partial charge in [-0.3, -0.25) is 0 Å². The Kier molecular flexibility index (Phi) is 7.01. The third-order valence-corrected chi connectivity index (χ3v) is 3.51. The second-order valence-corrected chi connectivity index (χ2v) is 7.05. The number of amides is 1. The highest BCUT2D eigenvalue weighted by atomic mass is 19.1. The molecule has 0 aliphatic heterocycles. The molecular formula is C21H26FNO3. The maximum Gasteiger partial charge on any atom is 0.407 e. The molecule has 2 rings (SSSR count).